The highest BCUT2D eigenvalue weighted by atomic mass is 35.5. The lowest BCUT2D eigenvalue weighted by molar-refractivity contribution is -0.386. The van der Waals surface area contributed by atoms with Crippen molar-refractivity contribution in [2.24, 2.45) is 0 Å². The van der Waals surface area contributed by atoms with Gasteiger partial charge in [0.05, 0.1) is 12.0 Å². The lowest BCUT2D eigenvalue weighted by Gasteiger charge is -2.06. The number of rotatable bonds is 4. The molecule has 0 fully saturated rings. The molecule has 0 aliphatic carbocycles. The monoisotopic (exact) mass is 339 g/mol. The third kappa shape index (κ3) is 3.40. The fraction of sp³-hybridized carbons (Fsp3) is 0.0769. The van der Waals surface area contributed by atoms with Crippen LogP contribution in [0.5, 0.6) is 11.5 Å². The summed E-state index contributed by atoms with van der Waals surface area (Å²) in [6.45, 7) is 0. The topological polar surface area (TPSA) is 138 Å². The van der Waals surface area contributed by atoms with Gasteiger partial charge in [-0.1, -0.05) is 11.6 Å². The SMILES string of the molecule is COc1cc(Cl)cc(/C=C/c2[nH]c(=O)[nH]c(=O)c2[N+](=O)[O-])c1O. The summed E-state index contributed by atoms with van der Waals surface area (Å²) >= 11 is 5.87. The lowest BCUT2D eigenvalue weighted by atomic mass is 10.1. The molecular formula is C13H10ClN3O6. The van der Waals surface area contributed by atoms with E-state index in [2.05, 4.69) is 4.98 Å². The highest BCUT2D eigenvalue weighted by molar-refractivity contribution is 6.31. The molecule has 10 heteroatoms. The van der Waals surface area contributed by atoms with Gasteiger partial charge < -0.3 is 14.8 Å². The molecule has 0 saturated carbocycles. The van der Waals surface area contributed by atoms with Crippen LogP contribution in [0, 0.1) is 10.1 Å². The van der Waals surface area contributed by atoms with Gasteiger partial charge in [0.2, 0.25) is 0 Å². The van der Waals surface area contributed by atoms with Crippen molar-refractivity contribution < 1.29 is 14.8 Å². The first kappa shape index (κ1) is 16.3. The van der Waals surface area contributed by atoms with Gasteiger partial charge >= 0.3 is 16.9 Å². The number of aromatic hydroxyl groups is 1. The molecule has 120 valence electrons. The molecular weight excluding hydrogens is 330 g/mol. The molecule has 0 aliphatic heterocycles. The van der Waals surface area contributed by atoms with Crippen molar-refractivity contribution >= 4 is 29.4 Å². The zero-order valence-corrected chi connectivity index (χ0v) is 12.4. The molecule has 9 nitrogen and oxygen atoms in total. The van der Waals surface area contributed by atoms with Gasteiger partial charge in [0.1, 0.15) is 5.69 Å². The van der Waals surface area contributed by atoms with Crippen LogP contribution in [0.15, 0.2) is 21.7 Å². The number of phenolic OH excluding ortho intramolecular Hbond substituents is 1. The van der Waals surface area contributed by atoms with Crippen molar-refractivity contribution in [2.75, 3.05) is 7.11 Å². The highest BCUT2D eigenvalue weighted by Gasteiger charge is 2.19. The molecule has 0 spiro atoms. The van der Waals surface area contributed by atoms with Crippen LogP contribution in [-0.4, -0.2) is 27.1 Å². The molecule has 0 amide bonds. The quantitative estimate of drug-likeness (QED) is 0.570. The Morgan fingerprint density at radius 3 is 2.61 bits per heavy atom. The Kier molecular flexibility index (Phi) is 4.51. The van der Waals surface area contributed by atoms with Gasteiger partial charge in [-0.15, -0.1) is 0 Å². The first-order valence-electron chi connectivity index (χ1n) is 6.09. The summed E-state index contributed by atoms with van der Waals surface area (Å²) in [6.07, 6.45) is 2.36. The average molecular weight is 340 g/mol. The summed E-state index contributed by atoms with van der Waals surface area (Å²) in [5.41, 5.74) is -2.99. The van der Waals surface area contributed by atoms with Crippen LogP contribution in [-0.2, 0) is 0 Å². The number of nitrogens with one attached hydrogen (secondary N) is 2. The second-order valence-corrected chi connectivity index (χ2v) is 4.74. The summed E-state index contributed by atoms with van der Waals surface area (Å²) in [4.78, 5) is 36.7. The predicted molar refractivity (Wildman–Crippen MR) is 82.9 cm³/mol. The fourth-order valence-electron chi connectivity index (χ4n) is 1.85. The second kappa shape index (κ2) is 6.36. The molecule has 23 heavy (non-hydrogen) atoms. The Bertz CT molecular complexity index is 915. The Hall–Kier alpha value is -3.07. The van der Waals surface area contributed by atoms with Crippen LogP contribution >= 0.6 is 11.6 Å². The van der Waals surface area contributed by atoms with E-state index >= 15 is 0 Å². The normalized spacial score (nSPS) is 10.9. The first-order valence-corrected chi connectivity index (χ1v) is 6.47. The van der Waals surface area contributed by atoms with Crippen molar-refractivity contribution in [3.8, 4) is 11.5 Å². The summed E-state index contributed by atoms with van der Waals surface area (Å²) in [6, 6.07) is 2.76. The predicted octanol–water partition coefficient (Wildman–Crippen LogP) is 1.51. The van der Waals surface area contributed by atoms with E-state index in [1.807, 2.05) is 0 Å². The zero-order chi connectivity index (χ0) is 17.1. The number of ether oxygens (including phenoxy) is 1. The number of nitro groups is 1. The van der Waals surface area contributed by atoms with E-state index in [1.165, 1.54) is 25.3 Å². The van der Waals surface area contributed by atoms with E-state index in [-0.39, 0.29) is 27.8 Å². The molecule has 0 atom stereocenters. The number of aromatic nitrogens is 2. The van der Waals surface area contributed by atoms with Crippen LogP contribution in [0.4, 0.5) is 5.69 Å². The molecule has 2 aromatic rings. The molecule has 3 N–H and O–H groups in total. The standard InChI is InChI=1S/C13H10ClN3O6/c1-23-9-5-7(14)4-6(11(9)18)2-3-8-10(17(21)22)12(19)16-13(20)15-8/h2-5,18H,1H3,(H2,15,16,19,20)/b3-2+. The molecule has 1 heterocycles. The molecule has 0 unspecified atom stereocenters. The molecule has 2 rings (SSSR count). The van der Waals surface area contributed by atoms with Gasteiger partial charge in [-0.25, -0.2) is 4.79 Å². The molecule has 0 aliphatic rings. The minimum atomic E-state index is -1.13. The van der Waals surface area contributed by atoms with Crippen LogP contribution in [0.2, 0.25) is 5.02 Å². The number of hydrogen-bond acceptors (Lipinski definition) is 6. The van der Waals surface area contributed by atoms with Crippen molar-refractivity contribution in [1.29, 1.82) is 0 Å². The summed E-state index contributed by atoms with van der Waals surface area (Å²) in [5.74, 6) is -0.144. The van der Waals surface area contributed by atoms with Gasteiger partial charge in [0.15, 0.2) is 11.5 Å². The minimum Gasteiger partial charge on any atom is -0.504 e. The van der Waals surface area contributed by atoms with Crippen LogP contribution in [0.1, 0.15) is 11.3 Å². The minimum absolute atomic E-state index is 0.103. The smallest absolute Gasteiger partial charge is 0.357 e. The van der Waals surface area contributed by atoms with E-state index in [4.69, 9.17) is 16.3 Å². The number of halogens is 1. The molecule has 1 aromatic heterocycles. The molecule has 0 radical (unpaired) electrons. The van der Waals surface area contributed by atoms with E-state index in [0.717, 1.165) is 6.08 Å². The van der Waals surface area contributed by atoms with Crippen LogP contribution in [0.3, 0.4) is 0 Å². The maximum atomic E-state index is 11.5. The van der Waals surface area contributed by atoms with Crippen LogP contribution in [0.25, 0.3) is 12.2 Å². The Balaban J connectivity index is 2.58. The van der Waals surface area contributed by atoms with Crippen molar-refractivity contribution in [2.45, 2.75) is 0 Å². The average Bonchev–Trinajstić information content (AvgIpc) is 2.46. The number of phenols is 1. The summed E-state index contributed by atoms with van der Waals surface area (Å²) in [7, 11) is 1.33. The van der Waals surface area contributed by atoms with Crippen molar-refractivity contribution in [3.05, 3.63) is 59.4 Å². The van der Waals surface area contributed by atoms with Crippen LogP contribution < -0.4 is 16.0 Å². The molecule has 0 bridgehead atoms. The fourth-order valence-corrected chi connectivity index (χ4v) is 2.07. The third-order valence-corrected chi connectivity index (χ3v) is 3.06. The van der Waals surface area contributed by atoms with Crippen molar-refractivity contribution in [1.82, 2.24) is 9.97 Å². The Morgan fingerprint density at radius 1 is 1.30 bits per heavy atom. The second-order valence-electron chi connectivity index (χ2n) is 4.31. The van der Waals surface area contributed by atoms with Gasteiger partial charge in [-0.2, -0.15) is 0 Å². The number of nitrogens with zero attached hydrogens (tertiary/aromatic N) is 1. The van der Waals surface area contributed by atoms with E-state index in [0.29, 0.717) is 0 Å². The number of aromatic amines is 2. The maximum absolute atomic E-state index is 11.5. The Labute approximate surface area is 133 Å². The van der Waals surface area contributed by atoms with Crippen molar-refractivity contribution in [3.63, 3.8) is 0 Å². The molecule has 0 saturated heterocycles. The third-order valence-electron chi connectivity index (χ3n) is 2.85. The largest absolute Gasteiger partial charge is 0.504 e. The highest BCUT2D eigenvalue weighted by Crippen LogP contribution is 2.34. The maximum Gasteiger partial charge on any atom is 0.357 e. The van der Waals surface area contributed by atoms with E-state index in [9.17, 15) is 24.8 Å². The summed E-state index contributed by atoms with van der Waals surface area (Å²) < 4.78 is 4.93. The van der Waals surface area contributed by atoms with Gasteiger partial charge in [-0.3, -0.25) is 19.9 Å². The molecule has 1 aromatic carbocycles. The number of hydrogen-bond donors (Lipinski definition) is 3. The van der Waals surface area contributed by atoms with E-state index in [1.54, 1.807) is 4.98 Å². The number of methoxy groups -OCH3 is 1. The van der Waals surface area contributed by atoms with E-state index < -0.39 is 21.9 Å². The zero-order valence-electron chi connectivity index (χ0n) is 11.6. The number of H-pyrrole nitrogens is 2. The Morgan fingerprint density at radius 2 is 2.00 bits per heavy atom. The van der Waals surface area contributed by atoms with Gasteiger partial charge in [0, 0.05) is 16.7 Å². The first-order chi connectivity index (χ1) is 10.8. The lowest BCUT2D eigenvalue weighted by Crippen LogP contribution is -2.25. The number of benzene rings is 1. The van der Waals surface area contributed by atoms with Gasteiger partial charge in [-0.05, 0) is 18.2 Å². The van der Waals surface area contributed by atoms with Gasteiger partial charge in [0.25, 0.3) is 0 Å². The summed E-state index contributed by atoms with van der Waals surface area (Å²) in [5, 5.41) is 21.2.